The van der Waals surface area contributed by atoms with Crippen molar-refractivity contribution in [1.82, 2.24) is 20.0 Å². The van der Waals surface area contributed by atoms with Crippen molar-refractivity contribution in [2.45, 2.75) is 44.7 Å². The van der Waals surface area contributed by atoms with Crippen molar-refractivity contribution in [2.24, 2.45) is 5.92 Å². The summed E-state index contributed by atoms with van der Waals surface area (Å²) >= 11 is 0. The molecule has 2 aliphatic rings. The molecular weight excluding hydrogens is 419 g/mol. The minimum Gasteiger partial charge on any atom is -0.352 e. The smallest absolute Gasteiger partial charge is 0.225 e. The highest BCUT2D eigenvalue weighted by Crippen LogP contribution is 2.30. The molecule has 170 valence electrons. The maximum Gasteiger partial charge on any atom is 0.225 e. The Balaban J connectivity index is 1.33. The van der Waals surface area contributed by atoms with Crippen LogP contribution in [0.2, 0.25) is 0 Å². The molecule has 2 heterocycles. The van der Waals surface area contributed by atoms with E-state index in [0.29, 0.717) is 18.3 Å². The van der Waals surface area contributed by atoms with Crippen molar-refractivity contribution >= 4 is 11.8 Å². The molecule has 0 spiro atoms. The Hall–Kier alpha value is -3.48. The molecule has 2 amide bonds. The van der Waals surface area contributed by atoms with Crippen molar-refractivity contribution in [3.05, 3.63) is 72.2 Å². The van der Waals surface area contributed by atoms with Gasteiger partial charge in [-0.25, -0.2) is 9.07 Å². The van der Waals surface area contributed by atoms with Gasteiger partial charge in [-0.2, -0.15) is 5.10 Å². The number of rotatable bonds is 6. The first-order valence-corrected chi connectivity index (χ1v) is 11.6. The summed E-state index contributed by atoms with van der Waals surface area (Å²) in [6, 6.07) is 16.2. The Morgan fingerprint density at radius 1 is 1.06 bits per heavy atom. The monoisotopic (exact) mass is 446 g/mol. The molecule has 2 aromatic carbocycles. The second kappa shape index (κ2) is 9.17. The summed E-state index contributed by atoms with van der Waals surface area (Å²) in [6.45, 7) is 0.788. The lowest BCUT2D eigenvalue weighted by atomic mass is 10.1. The molecule has 6 nitrogen and oxygen atoms in total. The molecule has 1 N–H and O–H groups in total. The molecule has 33 heavy (non-hydrogen) atoms. The largest absolute Gasteiger partial charge is 0.352 e. The zero-order valence-electron chi connectivity index (χ0n) is 18.4. The Kier molecular flexibility index (Phi) is 5.94. The molecule has 0 unspecified atom stereocenters. The minimum absolute atomic E-state index is 0.0888. The average molecular weight is 447 g/mol. The predicted octanol–water partition coefficient (Wildman–Crippen LogP) is 4.09. The number of nitrogens with one attached hydrogen (secondary N) is 1. The minimum atomic E-state index is -0.323. The molecule has 1 saturated carbocycles. The van der Waals surface area contributed by atoms with Gasteiger partial charge in [-0.05, 0) is 49.2 Å². The summed E-state index contributed by atoms with van der Waals surface area (Å²) in [4.78, 5) is 27.3. The molecule has 0 radical (unpaired) electrons. The zero-order valence-corrected chi connectivity index (χ0v) is 18.4. The van der Waals surface area contributed by atoms with Gasteiger partial charge in [0.1, 0.15) is 5.82 Å². The molecule has 2 fully saturated rings. The van der Waals surface area contributed by atoms with Gasteiger partial charge < -0.3 is 10.2 Å². The van der Waals surface area contributed by atoms with E-state index in [-0.39, 0.29) is 36.5 Å². The molecule has 1 saturated heterocycles. The van der Waals surface area contributed by atoms with E-state index in [1.807, 2.05) is 41.4 Å². The van der Waals surface area contributed by atoms with Crippen LogP contribution in [0.1, 0.15) is 37.7 Å². The molecule has 1 aromatic heterocycles. The highest BCUT2D eigenvalue weighted by molar-refractivity contribution is 5.89. The Morgan fingerprint density at radius 2 is 1.79 bits per heavy atom. The lowest BCUT2D eigenvalue weighted by molar-refractivity contribution is -0.130. The van der Waals surface area contributed by atoms with E-state index >= 15 is 0 Å². The van der Waals surface area contributed by atoms with Crippen LogP contribution >= 0.6 is 0 Å². The van der Waals surface area contributed by atoms with Gasteiger partial charge in [-0.15, -0.1) is 0 Å². The fourth-order valence-electron chi connectivity index (χ4n) is 4.91. The normalized spacial score (nSPS) is 18.8. The number of hydrogen-bond acceptors (Lipinski definition) is 3. The summed E-state index contributed by atoms with van der Waals surface area (Å²) in [5.41, 5.74) is 3.19. The average Bonchev–Trinajstić information content (AvgIpc) is 3.58. The van der Waals surface area contributed by atoms with E-state index in [1.165, 1.54) is 12.1 Å². The number of para-hydroxylation sites is 1. The SMILES string of the molecule is O=C(NCc1cn(-c2ccccc2)nc1-c1ccc(F)cc1)[C@@H]1CC(=O)N(C2CCCC2)C1. The molecule has 5 rings (SSSR count). The summed E-state index contributed by atoms with van der Waals surface area (Å²) in [5, 5.41) is 7.73. The maximum absolute atomic E-state index is 13.5. The number of nitrogens with zero attached hydrogens (tertiary/aromatic N) is 3. The predicted molar refractivity (Wildman–Crippen MR) is 123 cm³/mol. The first-order valence-electron chi connectivity index (χ1n) is 11.6. The molecule has 1 aliphatic carbocycles. The van der Waals surface area contributed by atoms with Crippen LogP contribution in [0.5, 0.6) is 0 Å². The van der Waals surface area contributed by atoms with Crippen LogP contribution in [0.25, 0.3) is 16.9 Å². The third-order valence-corrected chi connectivity index (χ3v) is 6.68. The van der Waals surface area contributed by atoms with E-state index < -0.39 is 0 Å². The molecule has 1 aliphatic heterocycles. The Labute approximate surface area is 192 Å². The quantitative estimate of drug-likeness (QED) is 0.620. The lowest BCUT2D eigenvalue weighted by Crippen LogP contribution is -2.36. The maximum atomic E-state index is 13.5. The Bertz CT molecular complexity index is 1140. The molecule has 1 atom stereocenters. The number of halogens is 1. The number of benzene rings is 2. The van der Waals surface area contributed by atoms with Crippen LogP contribution in [-0.4, -0.2) is 39.1 Å². The van der Waals surface area contributed by atoms with E-state index in [1.54, 1.807) is 16.8 Å². The summed E-state index contributed by atoms with van der Waals surface area (Å²) in [7, 11) is 0. The summed E-state index contributed by atoms with van der Waals surface area (Å²) in [6.07, 6.45) is 6.56. The van der Waals surface area contributed by atoms with Gasteiger partial charge in [-0.1, -0.05) is 31.0 Å². The Morgan fingerprint density at radius 3 is 2.52 bits per heavy atom. The van der Waals surface area contributed by atoms with E-state index in [2.05, 4.69) is 5.32 Å². The highest BCUT2D eigenvalue weighted by Gasteiger charge is 2.38. The van der Waals surface area contributed by atoms with E-state index in [4.69, 9.17) is 5.10 Å². The third-order valence-electron chi connectivity index (χ3n) is 6.68. The molecule has 0 bridgehead atoms. The highest BCUT2D eigenvalue weighted by atomic mass is 19.1. The second-order valence-electron chi connectivity index (χ2n) is 8.89. The van der Waals surface area contributed by atoms with Crippen LogP contribution < -0.4 is 5.32 Å². The van der Waals surface area contributed by atoms with Crippen molar-refractivity contribution < 1.29 is 14.0 Å². The van der Waals surface area contributed by atoms with Gasteiger partial charge in [0.25, 0.3) is 0 Å². The zero-order chi connectivity index (χ0) is 22.8. The lowest BCUT2D eigenvalue weighted by Gasteiger charge is -2.23. The van der Waals surface area contributed by atoms with Gasteiger partial charge in [0.2, 0.25) is 11.8 Å². The number of amides is 2. The fourth-order valence-corrected chi connectivity index (χ4v) is 4.91. The van der Waals surface area contributed by atoms with Gasteiger partial charge >= 0.3 is 0 Å². The van der Waals surface area contributed by atoms with Crippen LogP contribution in [0.15, 0.2) is 60.8 Å². The van der Waals surface area contributed by atoms with Crippen LogP contribution in [0.4, 0.5) is 4.39 Å². The van der Waals surface area contributed by atoms with Crippen molar-refractivity contribution in [3.63, 3.8) is 0 Å². The van der Waals surface area contributed by atoms with Crippen molar-refractivity contribution in [3.8, 4) is 16.9 Å². The van der Waals surface area contributed by atoms with Crippen LogP contribution in [0.3, 0.4) is 0 Å². The number of carbonyl (C=O) groups excluding carboxylic acids is 2. The number of aromatic nitrogens is 2. The van der Waals surface area contributed by atoms with Crippen molar-refractivity contribution in [1.29, 1.82) is 0 Å². The number of carbonyl (C=O) groups is 2. The van der Waals surface area contributed by atoms with Crippen LogP contribution in [-0.2, 0) is 16.1 Å². The van der Waals surface area contributed by atoms with E-state index in [0.717, 1.165) is 42.5 Å². The topological polar surface area (TPSA) is 67.2 Å². The van der Waals surface area contributed by atoms with Crippen molar-refractivity contribution in [2.75, 3.05) is 6.54 Å². The third kappa shape index (κ3) is 4.53. The van der Waals surface area contributed by atoms with Gasteiger partial charge in [0, 0.05) is 42.9 Å². The summed E-state index contributed by atoms with van der Waals surface area (Å²) < 4.78 is 15.2. The molecular formula is C26H27FN4O2. The first-order chi connectivity index (χ1) is 16.1. The van der Waals surface area contributed by atoms with Crippen LogP contribution in [0, 0.1) is 11.7 Å². The fraction of sp³-hybridized carbons (Fsp3) is 0.346. The summed E-state index contributed by atoms with van der Waals surface area (Å²) in [5.74, 6) is -0.655. The van der Waals surface area contributed by atoms with Gasteiger partial charge in [-0.3, -0.25) is 9.59 Å². The first kappa shape index (κ1) is 21.4. The van der Waals surface area contributed by atoms with Gasteiger partial charge in [0.15, 0.2) is 0 Å². The second-order valence-corrected chi connectivity index (χ2v) is 8.89. The molecule has 3 aromatic rings. The number of likely N-dealkylation sites (tertiary alicyclic amines) is 1. The van der Waals surface area contributed by atoms with E-state index in [9.17, 15) is 14.0 Å². The van der Waals surface area contributed by atoms with Gasteiger partial charge in [0.05, 0.1) is 17.3 Å². The number of hydrogen-bond donors (Lipinski definition) is 1. The standard InChI is InChI=1S/C26H27FN4O2/c27-21-12-10-18(11-13-21)25-20(17-31(29-25)23-8-2-1-3-9-23)15-28-26(33)19-14-24(32)30(16-19)22-6-4-5-7-22/h1-3,8-13,17,19,22H,4-7,14-16H2,(H,28,33)/t19-/m1/s1. The molecule has 7 heteroatoms.